The van der Waals surface area contributed by atoms with Crippen LogP contribution in [0.4, 0.5) is 0 Å². The minimum atomic E-state index is 0.669. The van der Waals surface area contributed by atoms with Gasteiger partial charge in [0.25, 0.3) is 0 Å². The highest BCUT2D eigenvalue weighted by molar-refractivity contribution is 9.10. The molecule has 0 unspecified atom stereocenters. The van der Waals surface area contributed by atoms with Crippen LogP contribution in [0.5, 0.6) is 0 Å². The second kappa shape index (κ2) is 4.25. The third kappa shape index (κ3) is 1.95. The van der Waals surface area contributed by atoms with Gasteiger partial charge in [-0.25, -0.2) is 4.98 Å². The molecule has 2 aromatic carbocycles. The first-order valence-electron chi connectivity index (χ1n) is 5.77. The highest BCUT2D eigenvalue weighted by Crippen LogP contribution is 2.27. The van der Waals surface area contributed by atoms with E-state index in [2.05, 4.69) is 40.8 Å². The monoisotopic (exact) mass is 301 g/mol. The Kier molecular flexibility index (Phi) is 2.71. The topological polar surface area (TPSA) is 26.0 Å². The number of halogens is 1. The SMILES string of the molecule is Cc1cc2nc(-c3ccc(Br)cc3)oc2cc1C. The normalized spacial score (nSPS) is 11.1. The summed E-state index contributed by atoms with van der Waals surface area (Å²) < 4.78 is 6.85. The zero-order valence-corrected chi connectivity index (χ0v) is 11.8. The van der Waals surface area contributed by atoms with Gasteiger partial charge < -0.3 is 4.42 Å². The predicted molar refractivity (Wildman–Crippen MR) is 76.6 cm³/mol. The van der Waals surface area contributed by atoms with Gasteiger partial charge in [-0.05, 0) is 61.4 Å². The summed E-state index contributed by atoms with van der Waals surface area (Å²) in [6.45, 7) is 4.17. The third-order valence-electron chi connectivity index (χ3n) is 3.10. The zero-order valence-electron chi connectivity index (χ0n) is 10.2. The van der Waals surface area contributed by atoms with E-state index in [1.54, 1.807) is 0 Å². The van der Waals surface area contributed by atoms with Crippen molar-refractivity contribution in [1.82, 2.24) is 4.98 Å². The number of hydrogen-bond acceptors (Lipinski definition) is 2. The van der Waals surface area contributed by atoms with Crippen LogP contribution in [0, 0.1) is 13.8 Å². The van der Waals surface area contributed by atoms with E-state index < -0.39 is 0 Å². The Morgan fingerprint density at radius 3 is 2.39 bits per heavy atom. The van der Waals surface area contributed by atoms with Gasteiger partial charge in [-0.1, -0.05) is 15.9 Å². The van der Waals surface area contributed by atoms with Crippen LogP contribution in [-0.2, 0) is 0 Å². The maximum absolute atomic E-state index is 5.80. The van der Waals surface area contributed by atoms with Crippen molar-refractivity contribution in [2.75, 3.05) is 0 Å². The number of oxazole rings is 1. The molecule has 0 bridgehead atoms. The molecule has 18 heavy (non-hydrogen) atoms. The Morgan fingerprint density at radius 2 is 1.67 bits per heavy atom. The lowest BCUT2D eigenvalue weighted by Gasteiger charge is -1.96. The number of aryl methyl sites for hydroxylation is 2. The summed E-state index contributed by atoms with van der Waals surface area (Å²) >= 11 is 3.42. The van der Waals surface area contributed by atoms with Crippen molar-refractivity contribution >= 4 is 27.0 Å². The van der Waals surface area contributed by atoms with E-state index in [9.17, 15) is 0 Å². The highest BCUT2D eigenvalue weighted by Gasteiger charge is 2.09. The molecule has 2 nitrogen and oxygen atoms in total. The average molecular weight is 302 g/mol. The van der Waals surface area contributed by atoms with Gasteiger partial charge in [0.15, 0.2) is 5.58 Å². The molecule has 0 atom stereocenters. The summed E-state index contributed by atoms with van der Waals surface area (Å²) in [6.07, 6.45) is 0. The summed E-state index contributed by atoms with van der Waals surface area (Å²) in [6, 6.07) is 12.1. The van der Waals surface area contributed by atoms with Crippen molar-refractivity contribution in [1.29, 1.82) is 0 Å². The molecule has 0 amide bonds. The molecule has 1 heterocycles. The number of hydrogen-bond donors (Lipinski definition) is 0. The fourth-order valence-corrected chi connectivity index (χ4v) is 2.16. The van der Waals surface area contributed by atoms with Crippen LogP contribution in [0.15, 0.2) is 45.3 Å². The molecule has 0 aliphatic heterocycles. The summed E-state index contributed by atoms with van der Waals surface area (Å²) in [5.41, 5.74) is 5.20. The van der Waals surface area contributed by atoms with E-state index in [-0.39, 0.29) is 0 Å². The lowest BCUT2D eigenvalue weighted by Crippen LogP contribution is -1.79. The molecule has 3 aromatic rings. The van der Waals surface area contributed by atoms with E-state index in [0.717, 1.165) is 21.1 Å². The maximum atomic E-state index is 5.80. The lowest BCUT2D eigenvalue weighted by atomic mass is 10.1. The van der Waals surface area contributed by atoms with Crippen LogP contribution in [0.1, 0.15) is 11.1 Å². The van der Waals surface area contributed by atoms with E-state index in [1.165, 1.54) is 11.1 Å². The van der Waals surface area contributed by atoms with Crippen LogP contribution in [0.2, 0.25) is 0 Å². The summed E-state index contributed by atoms with van der Waals surface area (Å²) in [4.78, 5) is 4.53. The fraction of sp³-hybridized carbons (Fsp3) is 0.133. The second-order valence-electron chi connectivity index (χ2n) is 4.43. The molecule has 0 fully saturated rings. The molecule has 0 spiro atoms. The number of rotatable bonds is 1. The van der Waals surface area contributed by atoms with Crippen molar-refractivity contribution in [2.24, 2.45) is 0 Å². The lowest BCUT2D eigenvalue weighted by molar-refractivity contribution is 0.619. The van der Waals surface area contributed by atoms with E-state index >= 15 is 0 Å². The van der Waals surface area contributed by atoms with Crippen molar-refractivity contribution in [3.05, 3.63) is 52.0 Å². The molecule has 3 rings (SSSR count). The molecule has 0 aliphatic rings. The Hall–Kier alpha value is -1.61. The van der Waals surface area contributed by atoms with Crippen LogP contribution < -0.4 is 0 Å². The Morgan fingerprint density at radius 1 is 1.00 bits per heavy atom. The van der Waals surface area contributed by atoms with Crippen molar-refractivity contribution in [3.63, 3.8) is 0 Å². The van der Waals surface area contributed by atoms with E-state index in [0.29, 0.717) is 5.89 Å². The van der Waals surface area contributed by atoms with Gasteiger partial charge in [-0.15, -0.1) is 0 Å². The Balaban J connectivity index is 2.16. The molecule has 0 N–H and O–H groups in total. The summed E-state index contributed by atoms with van der Waals surface area (Å²) in [7, 11) is 0. The molecule has 0 radical (unpaired) electrons. The fourth-order valence-electron chi connectivity index (χ4n) is 1.90. The molecule has 3 heteroatoms. The van der Waals surface area contributed by atoms with Crippen LogP contribution in [-0.4, -0.2) is 4.98 Å². The number of benzene rings is 2. The van der Waals surface area contributed by atoms with E-state index in [4.69, 9.17) is 4.42 Å². The number of fused-ring (bicyclic) bond motifs is 1. The van der Waals surface area contributed by atoms with Crippen LogP contribution in [0.3, 0.4) is 0 Å². The molecule has 0 saturated heterocycles. The average Bonchev–Trinajstić information content (AvgIpc) is 2.73. The van der Waals surface area contributed by atoms with Crippen molar-refractivity contribution in [2.45, 2.75) is 13.8 Å². The van der Waals surface area contributed by atoms with Gasteiger partial charge in [0.1, 0.15) is 5.52 Å². The summed E-state index contributed by atoms with van der Waals surface area (Å²) in [5, 5.41) is 0. The number of nitrogens with zero attached hydrogens (tertiary/aromatic N) is 1. The van der Waals surface area contributed by atoms with Gasteiger partial charge in [-0.2, -0.15) is 0 Å². The van der Waals surface area contributed by atoms with Gasteiger partial charge in [0.05, 0.1) is 0 Å². The molecular formula is C15H12BrNO. The standard InChI is InChI=1S/C15H12BrNO/c1-9-7-13-14(8-10(9)2)18-15(17-13)11-3-5-12(16)6-4-11/h3-8H,1-2H3. The molecule has 0 saturated carbocycles. The van der Waals surface area contributed by atoms with Crippen molar-refractivity contribution in [3.8, 4) is 11.5 Å². The minimum Gasteiger partial charge on any atom is -0.436 e. The van der Waals surface area contributed by atoms with E-state index in [1.807, 2.05) is 30.3 Å². The Labute approximate surface area is 114 Å². The van der Waals surface area contributed by atoms with Gasteiger partial charge in [0.2, 0.25) is 5.89 Å². The highest BCUT2D eigenvalue weighted by atomic mass is 79.9. The molecule has 90 valence electrons. The number of aromatic nitrogens is 1. The smallest absolute Gasteiger partial charge is 0.227 e. The third-order valence-corrected chi connectivity index (χ3v) is 3.62. The van der Waals surface area contributed by atoms with Gasteiger partial charge >= 0.3 is 0 Å². The molecular weight excluding hydrogens is 290 g/mol. The largest absolute Gasteiger partial charge is 0.436 e. The Bertz CT molecular complexity index is 674. The van der Waals surface area contributed by atoms with Crippen LogP contribution in [0.25, 0.3) is 22.6 Å². The second-order valence-corrected chi connectivity index (χ2v) is 5.35. The zero-order chi connectivity index (χ0) is 12.7. The first-order valence-corrected chi connectivity index (χ1v) is 6.56. The van der Waals surface area contributed by atoms with Crippen molar-refractivity contribution < 1.29 is 4.42 Å². The van der Waals surface area contributed by atoms with Gasteiger partial charge in [0, 0.05) is 10.0 Å². The molecule has 0 aliphatic carbocycles. The predicted octanol–water partition coefficient (Wildman–Crippen LogP) is 4.87. The first-order chi connectivity index (χ1) is 8.63. The van der Waals surface area contributed by atoms with Crippen LogP contribution >= 0.6 is 15.9 Å². The quantitative estimate of drug-likeness (QED) is 0.640. The first kappa shape index (κ1) is 11.5. The van der Waals surface area contributed by atoms with Gasteiger partial charge in [-0.3, -0.25) is 0 Å². The minimum absolute atomic E-state index is 0.669. The summed E-state index contributed by atoms with van der Waals surface area (Å²) in [5.74, 6) is 0.669. The molecule has 1 aromatic heterocycles. The maximum Gasteiger partial charge on any atom is 0.227 e.